The highest BCUT2D eigenvalue weighted by atomic mass is 35.5. The number of esters is 1. The number of hydrogen-bond acceptors (Lipinski definition) is 6. The van der Waals surface area contributed by atoms with Crippen molar-refractivity contribution >= 4 is 44.6 Å². The maximum atomic E-state index is 12.9. The minimum atomic E-state index is -3.91. The summed E-state index contributed by atoms with van der Waals surface area (Å²) in [7, 11) is -2.45. The Morgan fingerprint density at radius 2 is 2.08 bits per heavy atom. The molecule has 1 aromatic heterocycles. The predicted octanol–water partition coefficient (Wildman–Crippen LogP) is 3.17. The summed E-state index contributed by atoms with van der Waals surface area (Å²) >= 11 is 7.15. The van der Waals surface area contributed by atoms with Crippen LogP contribution in [0.1, 0.15) is 6.92 Å². The lowest BCUT2D eigenvalue weighted by molar-refractivity contribution is -0.141. The van der Waals surface area contributed by atoms with Crippen LogP contribution in [0.4, 0.5) is 5.69 Å². The highest BCUT2D eigenvalue weighted by molar-refractivity contribution is 7.94. The number of nitrogens with zero attached hydrogens (tertiary/aromatic N) is 1. The predicted molar refractivity (Wildman–Crippen MR) is 93.5 cm³/mol. The summed E-state index contributed by atoms with van der Waals surface area (Å²) in [5, 5.41) is 1.89. The Labute approximate surface area is 149 Å². The molecule has 6 nitrogen and oxygen atoms in total. The van der Waals surface area contributed by atoms with Gasteiger partial charge in [-0.2, -0.15) is 0 Å². The molecule has 0 amide bonds. The van der Waals surface area contributed by atoms with Gasteiger partial charge in [0.1, 0.15) is 16.5 Å². The molecule has 0 aliphatic heterocycles. The van der Waals surface area contributed by atoms with E-state index in [9.17, 15) is 13.2 Å². The van der Waals surface area contributed by atoms with Crippen molar-refractivity contribution in [3.8, 4) is 5.75 Å². The fourth-order valence-electron chi connectivity index (χ4n) is 1.97. The van der Waals surface area contributed by atoms with Gasteiger partial charge in [-0.1, -0.05) is 17.7 Å². The van der Waals surface area contributed by atoms with Crippen molar-refractivity contribution in [3.05, 3.63) is 40.7 Å². The van der Waals surface area contributed by atoms with Crippen LogP contribution in [0.5, 0.6) is 5.75 Å². The quantitative estimate of drug-likeness (QED) is 0.680. The lowest BCUT2D eigenvalue weighted by atomic mass is 10.3. The maximum absolute atomic E-state index is 12.9. The lowest BCUT2D eigenvalue weighted by Crippen LogP contribution is -2.36. The summed E-state index contributed by atoms with van der Waals surface area (Å²) in [4.78, 5) is 11.9. The van der Waals surface area contributed by atoms with E-state index in [1.54, 1.807) is 24.4 Å². The average molecular weight is 390 g/mol. The van der Waals surface area contributed by atoms with Gasteiger partial charge in [0.25, 0.3) is 10.0 Å². The zero-order valence-corrected chi connectivity index (χ0v) is 15.5. The second-order valence-electron chi connectivity index (χ2n) is 4.57. The van der Waals surface area contributed by atoms with E-state index < -0.39 is 22.5 Å². The number of anilines is 1. The van der Waals surface area contributed by atoms with Crippen LogP contribution in [0.3, 0.4) is 0 Å². The zero-order valence-electron chi connectivity index (χ0n) is 13.1. The van der Waals surface area contributed by atoms with E-state index in [4.69, 9.17) is 21.1 Å². The number of carbonyl (C=O) groups is 1. The van der Waals surface area contributed by atoms with Crippen molar-refractivity contribution < 1.29 is 22.7 Å². The smallest absolute Gasteiger partial charge is 0.326 e. The molecule has 0 atom stereocenters. The monoisotopic (exact) mass is 389 g/mol. The van der Waals surface area contributed by atoms with Crippen LogP contribution in [0, 0.1) is 0 Å². The lowest BCUT2D eigenvalue weighted by Gasteiger charge is -2.23. The molecule has 1 heterocycles. The number of methoxy groups -OCH3 is 1. The third kappa shape index (κ3) is 4.00. The number of benzene rings is 1. The van der Waals surface area contributed by atoms with Crippen molar-refractivity contribution in [1.29, 1.82) is 0 Å². The molecule has 0 N–H and O–H groups in total. The van der Waals surface area contributed by atoms with Crippen molar-refractivity contribution in [2.24, 2.45) is 0 Å². The molecule has 2 aromatic rings. The first kappa shape index (κ1) is 18.6. The highest BCUT2D eigenvalue weighted by Crippen LogP contribution is 2.32. The number of carbonyl (C=O) groups excluding carboxylic acids is 1. The Bertz CT molecular complexity index is 805. The molecule has 0 aliphatic rings. The summed E-state index contributed by atoms with van der Waals surface area (Å²) in [6.45, 7) is 1.37. The summed E-state index contributed by atoms with van der Waals surface area (Å²) in [6, 6.07) is 7.60. The fourth-order valence-corrected chi connectivity index (χ4v) is 4.73. The van der Waals surface area contributed by atoms with E-state index in [-0.39, 0.29) is 21.5 Å². The molecule has 2 rings (SSSR count). The van der Waals surface area contributed by atoms with Crippen LogP contribution in [-0.2, 0) is 19.6 Å². The normalized spacial score (nSPS) is 11.1. The molecule has 0 fully saturated rings. The molecule has 0 spiro atoms. The fraction of sp³-hybridized carbons (Fsp3) is 0.267. The summed E-state index contributed by atoms with van der Waals surface area (Å²) < 4.78 is 36.8. The largest absolute Gasteiger partial charge is 0.495 e. The topological polar surface area (TPSA) is 72.9 Å². The molecule has 0 bridgehead atoms. The first-order valence-corrected chi connectivity index (χ1v) is 9.65. The van der Waals surface area contributed by atoms with Gasteiger partial charge < -0.3 is 9.47 Å². The van der Waals surface area contributed by atoms with Crippen LogP contribution in [0.25, 0.3) is 0 Å². The van der Waals surface area contributed by atoms with Crippen LogP contribution in [0.2, 0.25) is 5.02 Å². The summed E-state index contributed by atoms with van der Waals surface area (Å²) in [5.74, 6) is -0.241. The van der Waals surface area contributed by atoms with Gasteiger partial charge in [-0.15, -0.1) is 11.3 Å². The molecular formula is C15H16ClNO5S2. The number of hydrogen-bond donors (Lipinski definition) is 0. The first-order chi connectivity index (χ1) is 11.4. The van der Waals surface area contributed by atoms with E-state index in [2.05, 4.69) is 0 Å². The molecule has 0 saturated carbocycles. The second-order valence-corrected chi connectivity index (χ2v) is 8.01. The molecule has 0 saturated heterocycles. The Morgan fingerprint density at radius 3 is 2.62 bits per heavy atom. The number of thiophene rings is 1. The van der Waals surface area contributed by atoms with Gasteiger partial charge in [-0.05, 0) is 36.6 Å². The van der Waals surface area contributed by atoms with Gasteiger partial charge in [0.15, 0.2) is 0 Å². The average Bonchev–Trinajstić information content (AvgIpc) is 3.08. The second kappa shape index (κ2) is 7.87. The van der Waals surface area contributed by atoms with Gasteiger partial charge in [0, 0.05) is 0 Å². The molecule has 24 heavy (non-hydrogen) atoms. The van der Waals surface area contributed by atoms with E-state index in [0.29, 0.717) is 5.75 Å². The Hall–Kier alpha value is -1.77. The molecule has 0 aliphatic carbocycles. The third-order valence-corrected chi connectivity index (χ3v) is 6.48. The highest BCUT2D eigenvalue weighted by Gasteiger charge is 2.29. The standard InChI is InChI=1S/C15H16ClNO5S2/c1-3-22-14(18)10-17(24(19,20)15-5-4-8-23-15)11-6-7-13(21-2)12(16)9-11/h4-9H,3,10H2,1-2H3. The van der Waals surface area contributed by atoms with E-state index in [0.717, 1.165) is 15.6 Å². The maximum Gasteiger partial charge on any atom is 0.326 e. The van der Waals surface area contributed by atoms with E-state index in [1.807, 2.05) is 0 Å². The van der Waals surface area contributed by atoms with Gasteiger partial charge in [-0.25, -0.2) is 8.42 Å². The number of sulfonamides is 1. The molecule has 0 radical (unpaired) electrons. The van der Waals surface area contributed by atoms with Gasteiger partial charge in [0.2, 0.25) is 0 Å². The third-order valence-electron chi connectivity index (χ3n) is 3.04. The Morgan fingerprint density at radius 1 is 1.33 bits per heavy atom. The first-order valence-electron chi connectivity index (χ1n) is 6.95. The number of rotatable bonds is 7. The van der Waals surface area contributed by atoms with E-state index >= 15 is 0 Å². The zero-order chi connectivity index (χ0) is 17.7. The SMILES string of the molecule is CCOC(=O)CN(c1ccc(OC)c(Cl)c1)S(=O)(=O)c1cccs1. The molecule has 1 aromatic carbocycles. The van der Waals surface area contributed by atoms with E-state index in [1.165, 1.54) is 25.3 Å². The number of ether oxygens (including phenoxy) is 2. The van der Waals surface area contributed by atoms with Crippen molar-refractivity contribution in [2.45, 2.75) is 11.1 Å². The van der Waals surface area contributed by atoms with Crippen LogP contribution >= 0.6 is 22.9 Å². The Balaban J connectivity index is 2.47. The van der Waals surface area contributed by atoms with Gasteiger partial charge >= 0.3 is 5.97 Å². The Kier molecular flexibility index (Phi) is 6.09. The van der Waals surface area contributed by atoms with Crippen LogP contribution < -0.4 is 9.04 Å². The van der Waals surface area contributed by atoms with Gasteiger partial charge in [-0.3, -0.25) is 9.10 Å². The summed E-state index contributed by atoms with van der Waals surface area (Å²) in [5.41, 5.74) is 0.252. The van der Waals surface area contributed by atoms with Crippen molar-refractivity contribution in [3.63, 3.8) is 0 Å². The number of halogens is 1. The molecular weight excluding hydrogens is 374 g/mol. The van der Waals surface area contributed by atoms with Crippen LogP contribution in [-0.4, -0.2) is 34.6 Å². The molecule has 0 unspecified atom stereocenters. The summed E-state index contributed by atoms with van der Waals surface area (Å²) in [6.07, 6.45) is 0. The minimum Gasteiger partial charge on any atom is -0.495 e. The van der Waals surface area contributed by atoms with Crippen LogP contribution in [0.15, 0.2) is 39.9 Å². The molecule has 130 valence electrons. The minimum absolute atomic E-state index is 0.124. The van der Waals surface area contributed by atoms with Crippen molar-refractivity contribution in [1.82, 2.24) is 0 Å². The molecule has 9 heteroatoms. The van der Waals surface area contributed by atoms with Crippen molar-refractivity contribution in [2.75, 3.05) is 24.6 Å². The van der Waals surface area contributed by atoms with Gasteiger partial charge in [0.05, 0.1) is 24.4 Å².